The molecule has 0 bridgehead atoms. The van der Waals surface area contributed by atoms with Crippen LogP contribution in [0, 0.1) is 5.82 Å². The van der Waals surface area contributed by atoms with Crippen LogP contribution in [-0.4, -0.2) is 42.9 Å². The van der Waals surface area contributed by atoms with Crippen LogP contribution in [0.25, 0.3) is 17.2 Å². The highest BCUT2D eigenvalue weighted by Gasteiger charge is 2.37. The number of nitrogens with zero attached hydrogens (tertiary/aromatic N) is 5. The molecule has 0 saturated carbocycles. The molecule has 0 unspecified atom stereocenters. The molecular formula is C29H30FN5O2. The molecule has 4 aromatic rings. The van der Waals surface area contributed by atoms with E-state index < -0.39 is 5.60 Å². The van der Waals surface area contributed by atoms with Crippen LogP contribution in [-0.2, 0) is 4.74 Å². The maximum atomic E-state index is 13.6. The molecule has 190 valence electrons. The summed E-state index contributed by atoms with van der Waals surface area (Å²) >= 11 is 0. The fourth-order valence-corrected chi connectivity index (χ4v) is 4.77. The number of amides is 1. The van der Waals surface area contributed by atoms with Gasteiger partial charge in [-0.05, 0) is 75.6 Å². The Morgan fingerprint density at radius 2 is 1.68 bits per heavy atom. The van der Waals surface area contributed by atoms with Gasteiger partial charge in [-0.25, -0.2) is 23.8 Å². The fraction of sp³-hybridized carbons (Fsp3) is 0.310. The first-order valence-corrected chi connectivity index (χ1v) is 12.5. The lowest BCUT2D eigenvalue weighted by Crippen LogP contribution is -2.44. The second-order valence-corrected chi connectivity index (χ2v) is 10.3. The lowest BCUT2D eigenvalue weighted by molar-refractivity contribution is 0.00673. The Bertz CT molecular complexity index is 1350. The van der Waals surface area contributed by atoms with E-state index >= 15 is 0 Å². The zero-order valence-corrected chi connectivity index (χ0v) is 21.2. The molecule has 0 N–H and O–H groups in total. The van der Waals surface area contributed by atoms with Gasteiger partial charge in [-0.3, -0.25) is 0 Å². The average molecular weight is 500 g/mol. The molecule has 37 heavy (non-hydrogen) atoms. The number of likely N-dealkylation sites (tertiary alicyclic amines) is 1. The van der Waals surface area contributed by atoms with Gasteiger partial charge in [0, 0.05) is 30.4 Å². The van der Waals surface area contributed by atoms with Gasteiger partial charge in [0.25, 0.3) is 5.95 Å². The number of benzene rings is 2. The fourth-order valence-electron chi connectivity index (χ4n) is 4.77. The molecule has 2 aromatic carbocycles. The topological polar surface area (TPSA) is 73.1 Å². The summed E-state index contributed by atoms with van der Waals surface area (Å²) in [6, 6.07) is 20.0. The Morgan fingerprint density at radius 1 is 0.973 bits per heavy atom. The Balaban J connectivity index is 1.53. The van der Waals surface area contributed by atoms with Crippen molar-refractivity contribution in [1.29, 1.82) is 0 Å². The molecule has 3 heterocycles. The van der Waals surface area contributed by atoms with Crippen LogP contribution in [0.4, 0.5) is 9.18 Å². The number of aromatic nitrogens is 4. The highest BCUT2D eigenvalue weighted by atomic mass is 19.1. The predicted molar refractivity (Wildman–Crippen MR) is 139 cm³/mol. The largest absolute Gasteiger partial charge is 0.444 e. The summed E-state index contributed by atoms with van der Waals surface area (Å²) in [6.45, 7) is 6.08. The van der Waals surface area contributed by atoms with Gasteiger partial charge in [0.2, 0.25) is 0 Å². The number of piperidine rings is 1. The molecule has 1 aliphatic heterocycles. The van der Waals surface area contributed by atoms with Crippen LogP contribution >= 0.6 is 0 Å². The minimum Gasteiger partial charge on any atom is -0.444 e. The van der Waals surface area contributed by atoms with Gasteiger partial charge >= 0.3 is 6.09 Å². The predicted octanol–water partition coefficient (Wildman–Crippen LogP) is 6.32. The first kappa shape index (κ1) is 24.6. The zero-order valence-electron chi connectivity index (χ0n) is 21.2. The van der Waals surface area contributed by atoms with E-state index in [2.05, 4.69) is 22.1 Å². The molecule has 1 fully saturated rings. The first-order valence-electron chi connectivity index (χ1n) is 12.5. The third-order valence-corrected chi connectivity index (χ3v) is 6.43. The zero-order chi connectivity index (χ0) is 26.0. The van der Waals surface area contributed by atoms with Crippen molar-refractivity contribution in [2.45, 2.75) is 51.2 Å². The lowest BCUT2D eigenvalue weighted by Gasteiger charge is -2.40. The molecule has 0 spiro atoms. The van der Waals surface area contributed by atoms with Crippen LogP contribution < -0.4 is 0 Å². The summed E-state index contributed by atoms with van der Waals surface area (Å²) in [7, 11) is 0. The molecule has 7 nitrogen and oxygen atoms in total. The molecule has 5 rings (SSSR count). The van der Waals surface area contributed by atoms with E-state index in [-0.39, 0.29) is 23.9 Å². The van der Waals surface area contributed by atoms with Gasteiger partial charge < -0.3 is 9.64 Å². The maximum Gasteiger partial charge on any atom is 0.410 e. The van der Waals surface area contributed by atoms with Crippen LogP contribution in [0.1, 0.15) is 56.8 Å². The monoisotopic (exact) mass is 499 g/mol. The van der Waals surface area contributed by atoms with Crippen molar-refractivity contribution in [3.05, 3.63) is 96.2 Å². The summed E-state index contributed by atoms with van der Waals surface area (Å²) in [5.74, 6) is 0.111. The van der Waals surface area contributed by atoms with Gasteiger partial charge in [-0.2, -0.15) is 5.10 Å². The standard InChI is InChI=1S/C29H30FN5O2/c1-29(2,3)37-28(36)34-19-22(12-15-25(34)21-8-5-4-6-9-21)26-18-24(20-10-13-23(30)14-11-20)33-35(26)27-31-16-7-17-32-27/h4-11,13-14,16-18,22,25H,12,15,19H2,1-3H3/t22-,25+/m0/s1. The third-order valence-electron chi connectivity index (χ3n) is 6.43. The minimum absolute atomic E-state index is 0.0296. The summed E-state index contributed by atoms with van der Waals surface area (Å²) in [6.07, 6.45) is 4.60. The molecule has 0 aliphatic carbocycles. The minimum atomic E-state index is -0.610. The van der Waals surface area contributed by atoms with Gasteiger partial charge in [0.15, 0.2) is 0 Å². The summed E-state index contributed by atoms with van der Waals surface area (Å²) in [4.78, 5) is 24.1. The summed E-state index contributed by atoms with van der Waals surface area (Å²) in [5.41, 5.74) is 2.85. The van der Waals surface area contributed by atoms with Crippen LogP contribution in [0.15, 0.2) is 79.1 Å². The van der Waals surface area contributed by atoms with E-state index in [1.807, 2.05) is 49.9 Å². The van der Waals surface area contributed by atoms with Gasteiger partial charge in [0.1, 0.15) is 11.4 Å². The van der Waals surface area contributed by atoms with Crippen molar-refractivity contribution >= 4 is 6.09 Å². The normalized spacial score (nSPS) is 18.0. The van der Waals surface area contributed by atoms with Crippen LogP contribution in [0.3, 0.4) is 0 Å². The van der Waals surface area contributed by atoms with E-state index in [0.29, 0.717) is 18.2 Å². The Hall–Kier alpha value is -4.07. The van der Waals surface area contributed by atoms with Crippen LogP contribution in [0.5, 0.6) is 0 Å². The Kier molecular flexibility index (Phi) is 6.74. The lowest BCUT2D eigenvalue weighted by atomic mass is 9.87. The van der Waals surface area contributed by atoms with E-state index in [1.54, 1.807) is 35.3 Å². The molecule has 1 saturated heterocycles. The second kappa shape index (κ2) is 10.1. The van der Waals surface area contributed by atoms with Crippen molar-refractivity contribution in [2.75, 3.05) is 6.54 Å². The van der Waals surface area contributed by atoms with Crippen LogP contribution in [0.2, 0.25) is 0 Å². The third kappa shape index (κ3) is 5.53. The summed E-state index contributed by atoms with van der Waals surface area (Å²) < 4.78 is 21.1. The van der Waals surface area contributed by atoms with Gasteiger partial charge in [-0.1, -0.05) is 30.3 Å². The van der Waals surface area contributed by atoms with Crippen molar-refractivity contribution in [1.82, 2.24) is 24.6 Å². The molecule has 2 atom stereocenters. The number of carbonyl (C=O) groups is 1. The number of halogens is 1. The van der Waals surface area contributed by atoms with Gasteiger partial charge in [0.05, 0.1) is 17.4 Å². The van der Waals surface area contributed by atoms with Crippen molar-refractivity contribution < 1.29 is 13.9 Å². The molecular weight excluding hydrogens is 469 g/mol. The number of rotatable bonds is 4. The number of ether oxygens (including phenoxy) is 1. The van der Waals surface area contributed by atoms with Gasteiger partial charge in [-0.15, -0.1) is 0 Å². The van der Waals surface area contributed by atoms with Crippen molar-refractivity contribution in [2.24, 2.45) is 0 Å². The first-order chi connectivity index (χ1) is 17.8. The quantitative estimate of drug-likeness (QED) is 0.328. The van der Waals surface area contributed by atoms with E-state index in [4.69, 9.17) is 9.84 Å². The Labute approximate surface area is 215 Å². The smallest absolute Gasteiger partial charge is 0.410 e. The van der Waals surface area contributed by atoms with Crippen molar-refractivity contribution in [3.63, 3.8) is 0 Å². The highest BCUT2D eigenvalue weighted by molar-refractivity contribution is 5.69. The number of carbonyl (C=O) groups excluding carboxylic acids is 1. The Morgan fingerprint density at radius 3 is 2.35 bits per heavy atom. The molecule has 0 radical (unpaired) electrons. The number of hydrogen-bond donors (Lipinski definition) is 0. The average Bonchev–Trinajstić information content (AvgIpc) is 3.34. The molecule has 2 aromatic heterocycles. The molecule has 1 amide bonds. The summed E-state index contributed by atoms with van der Waals surface area (Å²) in [5, 5.41) is 4.80. The van der Waals surface area contributed by atoms with E-state index in [0.717, 1.165) is 29.7 Å². The molecule has 1 aliphatic rings. The highest BCUT2D eigenvalue weighted by Crippen LogP contribution is 2.39. The number of hydrogen-bond acceptors (Lipinski definition) is 5. The van der Waals surface area contributed by atoms with E-state index in [9.17, 15) is 9.18 Å². The van der Waals surface area contributed by atoms with Crippen molar-refractivity contribution in [3.8, 4) is 17.2 Å². The second-order valence-electron chi connectivity index (χ2n) is 10.3. The van der Waals surface area contributed by atoms with E-state index in [1.165, 1.54) is 12.1 Å². The molecule has 8 heteroatoms. The SMILES string of the molecule is CC(C)(C)OC(=O)N1C[C@@H](c2cc(-c3ccc(F)cc3)nn2-c2ncccn2)CC[C@@H]1c1ccccc1. The maximum absolute atomic E-state index is 13.6.